The van der Waals surface area contributed by atoms with Crippen molar-refractivity contribution in [3.63, 3.8) is 0 Å². The summed E-state index contributed by atoms with van der Waals surface area (Å²) in [6.45, 7) is 2.72. The molecule has 0 bridgehead atoms. The van der Waals surface area contributed by atoms with Crippen LogP contribution >= 0.6 is 0 Å². The predicted molar refractivity (Wildman–Crippen MR) is 30.7 cm³/mol. The molecule has 0 aliphatic carbocycles. The van der Waals surface area contributed by atoms with Gasteiger partial charge in [-0.25, -0.2) is 0 Å². The summed E-state index contributed by atoms with van der Waals surface area (Å²) in [5.74, 6) is 0. The first kappa shape index (κ1) is 6.70. The molecule has 0 N–H and O–H groups in total. The molecule has 0 amide bonds. The molecule has 1 nitrogen and oxygen atoms in total. The van der Waals surface area contributed by atoms with Gasteiger partial charge in [0.15, 0.2) is 0 Å². The summed E-state index contributed by atoms with van der Waals surface area (Å²) >= 11 is 0. The lowest BCUT2D eigenvalue weighted by molar-refractivity contribution is 0.281. The number of hydrogen-bond donors (Lipinski definition) is 0. The molecular formula is C6H11O. The van der Waals surface area contributed by atoms with Crippen LogP contribution < -0.4 is 0 Å². The minimum Gasteiger partial charge on any atom is -0.375 e. The number of hydrogen-bond acceptors (Lipinski definition) is 1. The van der Waals surface area contributed by atoms with E-state index in [9.17, 15) is 0 Å². The van der Waals surface area contributed by atoms with Crippen LogP contribution in [-0.2, 0) is 4.74 Å². The molecule has 0 atom stereocenters. The Bertz CT molecular complexity index is 48.1. The average Bonchev–Trinajstić information content (AvgIpc) is 1.69. The van der Waals surface area contributed by atoms with E-state index >= 15 is 0 Å². The third-order valence-corrected chi connectivity index (χ3v) is 0.616. The molecule has 0 rings (SSSR count). The molecule has 0 heterocycles. The molecule has 0 aliphatic rings. The topological polar surface area (TPSA) is 9.23 Å². The lowest BCUT2D eigenvalue weighted by atomic mass is 10.4. The molecule has 1 radical (unpaired) electrons. The van der Waals surface area contributed by atoms with Crippen molar-refractivity contribution in [1.29, 1.82) is 0 Å². The van der Waals surface area contributed by atoms with E-state index in [0.29, 0.717) is 6.61 Å². The molecule has 0 aliphatic heterocycles. The fourth-order valence-corrected chi connectivity index (χ4v) is 0.303. The summed E-state index contributed by atoms with van der Waals surface area (Å²) in [6.07, 6.45) is 5.07. The van der Waals surface area contributed by atoms with Gasteiger partial charge in [0.05, 0.1) is 13.7 Å². The molecule has 0 spiro atoms. The first-order valence-electron chi connectivity index (χ1n) is 2.43. The third-order valence-electron chi connectivity index (χ3n) is 0.616. The van der Waals surface area contributed by atoms with Gasteiger partial charge in [-0.1, -0.05) is 19.1 Å². The third kappa shape index (κ3) is 5.70. The van der Waals surface area contributed by atoms with Gasteiger partial charge < -0.3 is 4.74 Å². The minimum atomic E-state index is 0.633. The Morgan fingerprint density at radius 2 is 2.29 bits per heavy atom. The largest absolute Gasteiger partial charge is 0.375 e. The zero-order chi connectivity index (χ0) is 5.54. The lowest BCUT2D eigenvalue weighted by Gasteiger charge is -1.83. The van der Waals surface area contributed by atoms with Gasteiger partial charge in [-0.05, 0) is 6.42 Å². The maximum atomic E-state index is 4.51. The van der Waals surface area contributed by atoms with E-state index in [1.807, 2.05) is 12.2 Å². The van der Waals surface area contributed by atoms with E-state index < -0.39 is 0 Å². The van der Waals surface area contributed by atoms with Crippen LogP contribution in [0.25, 0.3) is 0 Å². The molecular weight excluding hydrogens is 88.1 g/mol. The normalized spacial score (nSPS) is 10.6. The van der Waals surface area contributed by atoms with Gasteiger partial charge >= 0.3 is 0 Å². The molecule has 7 heavy (non-hydrogen) atoms. The van der Waals surface area contributed by atoms with Crippen LogP contribution in [0.2, 0.25) is 0 Å². The van der Waals surface area contributed by atoms with Crippen molar-refractivity contribution < 1.29 is 4.74 Å². The Hall–Kier alpha value is -0.300. The van der Waals surface area contributed by atoms with Crippen LogP contribution in [0.5, 0.6) is 0 Å². The average molecular weight is 99.2 g/mol. The monoisotopic (exact) mass is 99.1 g/mol. The summed E-state index contributed by atoms with van der Waals surface area (Å²) in [7, 11) is 3.21. The van der Waals surface area contributed by atoms with Crippen molar-refractivity contribution in [2.24, 2.45) is 0 Å². The number of rotatable bonds is 3. The molecule has 0 saturated heterocycles. The van der Waals surface area contributed by atoms with Crippen LogP contribution in [0.1, 0.15) is 13.3 Å². The Morgan fingerprint density at radius 1 is 1.57 bits per heavy atom. The Balaban J connectivity index is 2.78. The quantitative estimate of drug-likeness (QED) is 0.490. The Labute approximate surface area is 45.0 Å². The SMILES string of the molecule is [CH2]OC/C=C/CC. The predicted octanol–water partition coefficient (Wildman–Crippen LogP) is 1.76. The van der Waals surface area contributed by atoms with E-state index in [1.165, 1.54) is 0 Å². The van der Waals surface area contributed by atoms with Gasteiger partial charge in [0.2, 0.25) is 0 Å². The number of allylic oxidation sites excluding steroid dienone is 1. The van der Waals surface area contributed by atoms with Crippen LogP contribution in [0, 0.1) is 7.11 Å². The molecule has 0 aromatic rings. The fourth-order valence-electron chi connectivity index (χ4n) is 0.303. The first-order chi connectivity index (χ1) is 3.41. The standard InChI is InChI=1S/C6H11O/c1-3-4-5-6-7-2/h4-5H,2-3,6H2,1H3/b5-4+. The van der Waals surface area contributed by atoms with Crippen LogP contribution in [0.3, 0.4) is 0 Å². The Morgan fingerprint density at radius 3 is 2.71 bits per heavy atom. The molecule has 0 saturated carbocycles. The summed E-state index contributed by atoms with van der Waals surface area (Å²) in [4.78, 5) is 0. The van der Waals surface area contributed by atoms with E-state index in [1.54, 1.807) is 0 Å². The summed E-state index contributed by atoms with van der Waals surface area (Å²) in [6, 6.07) is 0. The van der Waals surface area contributed by atoms with E-state index in [0.717, 1.165) is 6.42 Å². The Kier molecular flexibility index (Phi) is 5.46. The second kappa shape index (κ2) is 5.70. The minimum absolute atomic E-state index is 0.633. The molecule has 0 aromatic heterocycles. The number of ether oxygens (including phenoxy) is 1. The second-order valence-electron chi connectivity index (χ2n) is 1.25. The van der Waals surface area contributed by atoms with Crippen molar-refractivity contribution in [3.8, 4) is 0 Å². The van der Waals surface area contributed by atoms with Crippen molar-refractivity contribution in [1.82, 2.24) is 0 Å². The van der Waals surface area contributed by atoms with Gasteiger partial charge in [0.25, 0.3) is 0 Å². The summed E-state index contributed by atoms with van der Waals surface area (Å²) in [5.41, 5.74) is 0. The maximum Gasteiger partial charge on any atom is 0.0704 e. The fraction of sp³-hybridized carbons (Fsp3) is 0.500. The smallest absolute Gasteiger partial charge is 0.0704 e. The van der Waals surface area contributed by atoms with Gasteiger partial charge in [-0.3, -0.25) is 0 Å². The lowest BCUT2D eigenvalue weighted by Crippen LogP contribution is -1.75. The molecule has 41 valence electrons. The van der Waals surface area contributed by atoms with Crippen molar-refractivity contribution in [2.45, 2.75) is 13.3 Å². The first-order valence-corrected chi connectivity index (χ1v) is 2.43. The van der Waals surface area contributed by atoms with E-state index in [4.69, 9.17) is 0 Å². The highest BCUT2D eigenvalue weighted by atomic mass is 16.5. The van der Waals surface area contributed by atoms with Crippen LogP contribution in [0.4, 0.5) is 0 Å². The highest BCUT2D eigenvalue weighted by Crippen LogP contribution is 1.78. The van der Waals surface area contributed by atoms with Crippen LogP contribution in [0.15, 0.2) is 12.2 Å². The van der Waals surface area contributed by atoms with E-state index in [2.05, 4.69) is 18.8 Å². The molecule has 0 fully saturated rings. The molecule has 0 unspecified atom stereocenters. The zero-order valence-corrected chi connectivity index (χ0v) is 4.68. The maximum absolute atomic E-state index is 4.51. The van der Waals surface area contributed by atoms with Gasteiger partial charge in [-0.2, -0.15) is 0 Å². The van der Waals surface area contributed by atoms with E-state index in [-0.39, 0.29) is 0 Å². The van der Waals surface area contributed by atoms with Crippen molar-refractivity contribution in [2.75, 3.05) is 6.61 Å². The second-order valence-corrected chi connectivity index (χ2v) is 1.25. The van der Waals surface area contributed by atoms with Gasteiger partial charge in [0, 0.05) is 0 Å². The van der Waals surface area contributed by atoms with Gasteiger partial charge in [-0.15, -0.1) is 0 Å². The highest BCUT2D eigenvalue weighted by Gasteiger charge is 1.66. The van der Waals surface area contributed by atoms with Crippen LogP contribution in [-0.4, -0.2) is 6.61 Å². The van der Waals surface area contributed by atoms with Gasteiger partial charge in [0.1, 0.15) is 0 Å². The summed E-state index contributed by atoms with van der Waals surface area (Å²) < 4.78 is 4.51. The summed E-state index contributed by atoms with van der Waals surface area (Å²) in [5, 5.41) is 0. The van der Waals surface area contributed by atoms with Crippen molar-refractivity contribution >= 4 is 0 Å². The highest BCUT2D eigenvalue weighted by molar-refractivity contribution is 4.79. The zero-order valence-electron chi connectivity index (χ0n) is 4.68. The molecule has 1 heteroatoms. The molecule has 0 aromatic carbocycles. The van der Waals surface area contributed by atoms with Crippen molar-refractivity contribution in [3.05, 3.63) is 19.3 Å².